The van der Waals surface area contributed by atoms with E-state index >= 15 is 0 Å². The molecule has 0 aliphatic heterocycles. The summed E-state index contributed by atoms with van der Waals surface area (Å²) in [5, 5.41) is 3.52. The normalized spacial score (nSPS) is 17.3. The van der Waals surface area contributed by atoms with Crippen LogP contribution in [0.15, 0.2) is 30.6 Å². The summed E-state index contributed by atoms with van der Waals surface area (Å²) in [6.45, 7) is 3.24. The fourth-order valence-electron chi connectivity index (χ4n) is 2.33. The number of hydrogen-bond donors (Lipinski definition) is 1. The molecule has 0 amide bonds. The van der Waals surface area contributed by atoms with Gasteiger partial charge in [0.05, 0.1) is 0 Å². The van der Waals surface area contributed by atoms with Crippen molar-refractivity contribution in [3.05, 3.63) is 30.6 Å². The van der Waals surface area contributed by atoms with Gasteiger partial charge in [0, 0.05) is 31.0 Å². The number of fused-ring (bicyclic) bond motifs is 1. The van der Waals surface area contributed by atoms with E-state index in [1.807, 2.05) is 24.5 Å². The van der Waals surface area contributed by atoms with Crippen LogP contribution >= 0.6 is 0 Å². The summed E-state index contributed by atoms with van der Waals surface area (Å²) in [4.78, 5) is 6.77. The number of hydrogen-bond acceptors (Lipinski definition) is 3. The Bertz CT molecular complexity index is 529. The average Bonchev–Trinajstić information content (AvgIpc) is 3.12. The van der Waals surface area contributed by atoms with Gasteiger partial charge in [0.15, 0.2) is 0 Å². The Morgan fingerprint density at radius 1 is 1.50 bits per heavy atom. The quantitative estimate of drug-likeness (QED) is 0.875. The first-order chi connectivity index (χ1) is 8.75. The van der Waals surface area contributed by atoms with Gasteiger partial charge in [-0.2, -0.15) is 0 Å². The van der Waals surface area contributed by atoms with Gasteiger partial charge in [-0.15, -0.1) is 0 Å². The molecular weight excluding hydrogens is 224 g/mol. The molecule has 3 rings (SSSR count). The molecule has 1 aliphatic carbocycles. The smallest absolute Gasteiger partial charge is 0.138 e. The Labute approximate surface area is 108 Å². The van der Waals surface area contributed by atoms with Gasteiger partial charge in [0.1, 0.15) is 11.5 Å². The largest absolute Gasteiger partial charge is 0.370 e. The second-order valence-electron chi connectivity index (χ2n) is 5.19. The van der Waals surface area contributed by atoms with Gasteiger partial charge in [-0.3, -0.25) is 9.30 Å². The lowest BCUT2D eigenvalue weighted by molar-refractivity contribution is 0.257. The topological polar surface area (TPSA) is 32.6 Å². The molecule has 1 unspecified atom stereocenters. The van der Waals surface area contributed by atoms with E-state index in [0.717, 1.165) is 24.1 Å². The van der Waals surface area contributed by atoms with Crippen molar-refractivity contribution in [3.8, 4) is 0 Å². The van der Waals surface area contributed by atoms with Crippen LogP contribution in [0, 0.1) is 0 Å². The lowest BCUT2D eigenvalue weighted by Crippen LogP contribution is -2.36. The molecule has 0 saturated heterocycles. The molecule has 1 N–H and O–H groups in total. The van der Waals surface area contributed by atoms with Crippen molar-refractivity contribution < 1.29 is 0 Å². The highest BCUT2D eigenvalue weighted by atomic mass is 15.2. The van der Waals surface area contributed by atoms with Crippen LogP contribution < -0.4 is 5.32 Å². The number of anilines is 1. The summed E-state index contributed by atoms with van der Waals surface area (Å²) in [7, 11) is 2.22. The van der Waals surface area contributed by atoms with E-state index in [4.69, 9.17) is 0 Å². The second kappa shape index (κ2) is 4.61. The molecule has 2 aromatic rings. The zero-order chi connectivity index (χ0) is 12.5. The van der Waals surface area contributed by atoms with Gasteiger partial charge < -0.3 is 5.32 Å². The Hall–Kier alpha value is -1.55. The van der Waals surface area contributed by atoms with E-state index in [1.165, 1.54) is 12.8 Å². The van der Waals surface area contributed by atoms with E-state index < -0.39 is 0 Å². The minimum atomic E-state index is 0.552. The van der Waals surface area contributed by atoms with Crippen molar-refractivity contribution in [1.29, 1.82) is 0 Å². The third kappa shape index (κ3) is 2.20. The van der Waals surface area contributed by atoms with Crippen LogP contribution in [-0.4, -0.2) is 40.0 Å². The third-order valence-corrected chi connectivity index (χ3v) is 3.82. The molecule has 1 aliphatic rings. The van der Waals surface area contributed by atoms with Crippen LogP contribution in [0.1, 0.15) is 19.8 Å². The third-order valence-electron chi connectivity index (χ3n) is 3.82. The standard InChI is InChI=1S/C14H20N4/c1-11(17(2)12-6-7-12)10-16-14-5-3-4-13-15-8-9-18(13)14/h3-5,8-9,11-12,16H,6-7,10H2,1-2H3. The van der Waals surface area contributed by atoms with Crippen LogP contribution in [0.4, 0.5) is 5.82 Å². The Balaban J connectivity index is 1.67. The highest BCUT2D eigenvalue weighted by Crippen LogP contribution is 2.26. The van der Waals surface area contributed by atoms with Crippen molar-refractivity contribution in [3.63, 3.8) is 0 Å². The molecule has 18 heavy (non-hydrogen) atoms. The van der Waals surface area contributed by atoms with Crippen LogP contribution in [0.2, 0.25) is 0 Å². The molecule has 0 aromatic carbocycles. The summed E-state index contributed by atoms with van der Waals surface area (Å²) in [5.41, 5.74) is 0.989. The maximum atomic E-state index is 4.29. The van der Waals surface area contributed by atoms with E-state index in [0.29, 0.717) is 6.04 Å². The highest BCUT2D eigenvalue weighted by Gasteiger charge is 2.28. The Morgan fingerprint density at radius 2 is 2.33 bits per heavy atom. The maximum absolute atomic E-state index is 4.29. The fourth-order valence-corrected chi connectivity index (χ4v) is 2.33. The van der Waals surface area contributed by atoms with E-state index in [2.05, 4.69) is 39.6 Å². The van der Waals surface area contributed by atoms with Crippen LogP contribution in [0.5, 0.6) is 0 Å². The van der Waals surface area contributed by atoms with Gasteiger partial charge in [-0.05, 0) is 38.9 Å². The Kier molecular flexibility index (Phi) is 2.96. The van der Waals surface area contributed by atoms with Crippen molar-refractivity contribution in [2.75, 3.05) is 18.9 Å². The second-order valence-corrected chi connectivity index (χ2v) is 5.19. The molecule has 0 radical (unpaired) electrons. The molecule has 1 saturated carbocycles. The lowest BCUT2D eigenvalue weighted by Gasteiger charge is -2.25. The van der Waals surface area contributed by atoms with Crippen LogP contribution in [-0.2, 0) is 0 Å². The summed E-state index contributed by atoms with van der Waals surface area (Å²) < 4.78 is 2.09. The fraction of sp³-hybridized carbons (Fsp3) is 0.500. The predicted octanol–water partition coefficient (Wildman–Crippen LogP) is 2.23. The molecule has 4 heteroatoms. The number of nitrogens with one attached hydrogen (secondary N) is 1. The first-order valence-electron chi connectivity index (χ1n) is 6.63. The van der Waals surface area contributed by atoms with Crippen molar-refractivity contribution in [2.24, 2.45) is 0 Å². The number of nitrogens with zero attached hydrogens (tertiary/aromatic N) is 3. The SMILES string of the molecule is CC(CNc1cccc2nccn12)N(C)C1CC1. The lowest BCUT2D eigenvalue weighted by atomic mass is 10.3. The molecule has 96 valence electrons. The van der Waals surface area contributed by atoms with Crippen LogP contribution in [0.3, 0.4) is 0 Å². The monoisotopic (exact) mass is 244 g/mol. The molecule has 2 aromatic heterocycles. The number of aromatic nitrogens is 2. The van der Waals surface area contributed by atoms with E-state index in [-0.39, 0.29) is 0 Å². The first kappa shape index (κ1) is 11.5. The van der Waals surface area contributed by atoms with E-state index in [9.17, 15) is 0 Å². The van der Waals surface area contributed by atoms with E-state index in [1.54, 1.807) is 0 Å². The molecular formula is C14H20N4. The van der Waals surface area contributed by atoms with Crippen molar-refractivity contribution >= 4 is 11.5 Å². The number of likely N-dealkylation sites (N-methyl/N-ethyl adjacent to an activating group) is 1. The van der Waals surface area contributed by atoms with Gasteiger partial charge in [0.2, 0.25) is 0 Å². The van der Waals surface area contributed by atoms with Gasteiger partial charge in [-0.25, -0.2) is 4.98 Å². The molecule has 0 bridgehead atoms. The number of imidazole rings is 1. The molecule has 1 atom stereocenters. The minimum absolute atomic E-state index is 0.552. The molecule has 0 spiro atoms. The van der Waals surface area contributed by atoms with Gasteiger partial charge >= 0.3 is 0 Å². The van der Waals surface area contributed by atoms with Crippen LogP contribution in [0.25, 0.3) is 5.65 Å². The minimum Gasteiger partial charge on any atom is -0.370 e. The number of rotatable bonds is 5. The summed E-state index contributed by atoms with van der Waals surface area (Å²) in [6, 6.07) is 7.52. The van der Waals surface area contributed by atoms with Crippen molar-refractivity contribution in [1.82, 2.24) is 14.3 Å². The Morgan fingerprint density at radius 3 is 3.11 bits per heavy atom. The zero-order valence-corrected chi connectivity index (χ0v) is 11.0. The summed E-state index contributed by atoms with van der Waals surface area (Å²) in [5.74, 6) is 1.11. The van der Waals surface area contributed by atoms with Gasteiger partial charge in [0.25, 0.3) is 0 Å². The highest BCUT2D eigenvalue weighted by molar-refractivity contribution is 5.49. The van der Waals surface area contributed by atoms with Gasteiger partial charge in [-0.1, -0.05) is 6.07 Å². The summed E-state index contributed by atoms with van der Waals surface area (Å²) in [6.07, 6.45) is 6.54. The maximum Gasteiger partial charge on any atom is 0.138 e. The first-order valence-corrected chi connectivity index (χ1v) is 6.63. The summed E-state index contributed by atoms with van der Waals surface area (Å²) >= 11 is 0. The molecule has 4 nitrogen and oxygen atoms in total. The van der Waals surface area contributed by atoms with Crippen molar-refractivity contribution in [2.45, 2.75) is 31.8 Å². The average molecular weight is 244 g/mol. The molecule has 1 fully saturated rings. The molecule has 2 heterocycles. The number of pyridine rings is 1. The predicted molar refractivity (Wildman–Crippen MR) is 73.9 cm³/mol. The zero-order valence-electron chi connectivity index (χ0n) is 11.0.